The molecule has 0 saturated heterocycles. The van der Waals surface area contributed by atoms with Crippen LogP contribution in [-0.2, 0) is 0 Å². The molecule has 0 bridgehead atoms. The molecule has 74 valence electrons. The molecule has 0 fully saturated rings. The number of rotatable bonds is 2. The van der Waals surface area contributed by atoms with Crippen LogP contribution in [0.25, 0.3) is 0 Å². The molecule has 2 aromatic heterocycles. The van der Waals surface area contributed by atoms with E-state index in [0.717, 1.165) is 14.9 Å². The maximum atomic E-state index is 6.07. The first-order chi connectivity index (χ1) is 6.68. The van der Waals surface area contributed by atoms with Gasteiger partial charge >= 0.3 is 0 Å². The predicted octanol–water partition coefficient (Wildman–Crippen LogP) is 3.91. The van der Waals surface area contributed by atoms with Gasteiger partial charge in [0.1, 0.15) is 0 Å². The van der Waals surface area contributed by atoms with Crippen LogP contribution >= 0.6 is 43.2 Å². The fraction of sp³-hybridized carbons (Fsp3) is 0.111. The van der Waals surface area contributed by atoms with Crippen molar-refractivity contribution in [1.29, 1.82) is 0 Å². The number of nitrogens with two attached hydrogens (primary N) is 1. The number of hydrogen-bond donors (Lipinski definition) is 1. The molecule has 14 heavy (non-hydrogen) atoms. The van der Waals surface area contributed by atoms with E-state index in [1.807, 2.05) is 17.5 Å². The van der Waals surface area contributed by atoms with Gasteiger partial charge in [0.15, 0.2) is 4.67 Å². The van der Waals surface area contributed by atoms with Crippen molar-refractivity contribution in [3.63, 3.8) is 0 Å². The van der Waals surface area contributed by atoms with E-state index in [2.05, 4.69) is 31.9 Å². The van der Waals surface area contributed by atoms with Gasteiger partial charge in [-0.15, -0.1) is 11.3 Å². The topological polar surface area (TPSA) is 39.2 Å². The van der Waals surface area contributed by atoms with Crippen molar-refractivity contribution in [1.82, 2.24) is 0 Å². The highest BCUT2D eigenvalue weighted by molar-refractivity contribution is 9.10. The van der Waals surface area contributed by atoms with Crippen LogP contribution in [0.3, 0.4) is 0 Å². The van der Waals surface area contributed by atoms with E-state index < -0.39 is 0 Å². The monoisotopic (exact) mass is 335 g/mol. The lowest BCUT2D eigenvalue weighted by Gasteiger charge is -2.06. The molecule has 2 N–H and O–H groups in total. The summed E-state index contributed by atoms with van der Waals surface area (Å²) >= 11 is 8.34. The summed E-state index contributed by atoms with van der Waals surface area (Å²) in [6.45, 7) is 0. The fourth-order valence-corrected chi connectivity index (χ4v) is 3.17. The Labute approximate surface area is 102 Å². The summed E-state index contributed by atoms with van der Waals surface area (Å²) in [5.74, 6) is 0. The van der Waals surface area contributed by atoms with E-state index >= 15 is 0 Å². The Balaban J connectivity index is 2.33. The summed E-state index contributed by atoms with van der Waals surface area (Å²) in [6, 6.07) is 3.76. The Morgan fingerprint density at radius 1 is 1.43 bits per heavy atom. The molecule has 0 amide bonds. The van der Waals surface area contributed by atoms with Crippen molar-refractivity contribution in [2.24, 2.45) is 5.73 Å². The van der Waals surface area contributed by atoms with Gasteiger partial charge in [0, 0.05) is 14.9 Å². The molecule has 1 unspecified atom stereocenters. The minimum Gasteiger partial charge on any atom is -0.457 e. The zero-order valence-corrected chi connectivity index (χ0v) is 11.0. The van der Waals surface area contributed by atoms with Gasteiger partial charge in [0.2, 0.25) is 0 Å². The maximum absolute atomic E-state index is 6.07. The van der Waals surface area contributed by atoms with Crippen LogP contribution in [0, 0.1) is 0 Å². The second kappa shape index (κ2) is 4.18. The first-order valence-corrected chi connectivity index (χ1v) is 6.37. The van der Waals surface area contributed by atoms with Crippen molar-refractivity contribution >= 4 is 43.2 Å². The van der Waals surface area contributed by atoms with Crippen molar-refractivity contribution in [2.75, 3.05) is 0 Å². The predicted molar refractivity (Wildman–Crippen MR) is 64.5 cm³/mol. The van der Waals surface area contributed by atoms with E-state index in [-0.39, 0.29) is 6.04 Å². The molecule has 0 spiro atoms. The highest BCUT2D eigenvalue weighted by Crippen LogP contribution is 2.32. The summed E-state index contributed by atoms with van der Waals surface area (Å²) < 4.78 is 6.90. The summed E-state index contributed by atoms with van der Waals surface area (Å²) in [5, 5.41) is 2.01. The highest BCUT2D eigenvalue weighted by atomic mass is 79.9. The zero-order chi connectivity index (χ0) is 10.1. The van der Waals surface area contributed by atoms with Crippen LogP contribution in [0.4, 0.5) is 0 Å². The summed E-state index contributed by atoms with van der Waals surface area (Å²) in [5.41, 5.74) is 7.05. The largest absolute Gasteiger partial charge is 0.457 e. The van der Waals surface area contributed by atoms with Crippen molar-refractivity contribution in [3.05, 3.63) is 43.4 Å². The molecule has 2 rings (SSSR count). The minimum atomic E-state index is -0.126. The zero-order valence-electron chi connectivity index (χ0n) is 7.04. The Bertz CT molecular complexity index is 437. The van der Waals surface area contributed by atoms with Gasteiger partial charge in [0.25, 0.3) is 0 Å². The molecule has 2 aromatic rings. The Morgan fingerprint density at radius 2 is 2.21 bits per heavy atom. The molecular weight excluding hydrogens is 330 g/mol. The summed E-state index contributed by atoms with van der Waals surface area (Å²) in [4.78, 5) is 1.11. The average Bonchev–Trinajstić information content (AvgIpc) is 2.73. The fourth-order valence-electron chi connectivity index (χ4n) is 1.17. The molecule has 2 nitrogen and oxygen atoms in total. The maximum Gasteiger partial charge on any atom is 0.169 e. The summed E-state index contributed by atoms with van der Waals surface area (Å²) in [7, 11) is 0. The SMILES string of the molecule is NC(c1coc(Br)c1)c1sccc1Br. The molecule has 0 aliphatic rings. The smallest absolute Gasteiger partial charge is 0.169 e. The normalized spacial score (nSPS) is 13.1. The number of thiophene rings is 1. The molecule has 0 aliphatic heterocycles. The molecule has 0 aromatic carbocycles. The number of hydrogen-bond acceptors (Lipinski definition) is 3. The third kappa shape index (κ3) is 1.95. The molecule has 0 aliphatic carbocycles. The Kier molecular flexibility index (Phi) is 3.11. The molecule has 0 saturated carbocycles. The van der Waals surface area contributed by atoms with Crippen molar-refractivity contribution in [3.8, 4) is 0 Å². The van der Waals surface area contributed by atoms with Crippen LogP contribution in [0.5, 0.6) is 0 Å². The van der Waals surface area contributed by atoms with Gasteiger partial charge in [-0.05, 0) is 49.4 Å². The second-order valence-corrected chi connectivity index (χ2v) is 5.38. The molecular formula is C9H7Br2NOS. The molecule has 5 heteroatoms. The number of halogens is 2. The van der Waals surface area contributed by atoms with Crippen molar-refractivity contribution < 1.29 is 4.42 Å². The lowest BCUT2D eigenvalue weighted by Crippen LogP contribution is -2.09. The quantitative estimate of drug-likeness (QED) is 0.902. The minimum absolute atomic E-state index is 0.126. The Hall–Kier alpha value is -0.100. The van der Waals surface area contributed by atoms with Crippen molar-refractivity contribution in [2.45, 2.75) is 6.04 Å². The first-order valence-electron chi connectivity index (χ1n) is 3.91. The van der Waals surface area contributed by atoms with E-state index in [9.17, 15) is 0 Å². The van der Waals surface area contributed by atoms with Crippen LogP contribution in [0.2, 0.25) is 0 Å². The van der Waals surface area contributed by atoms with Gasteiger partial charge in [-0.2, -0.15) is 0 Å². The first kappa shape index (κ1) is 10.4. The van der Waals surface area contributed by atoms with Crippen LogP contribution < -0.4 is 5.73 Å². The van der Waals surface area contributed by atoms with Gasteiger partial charge in [-0.1, -0.05) is 0 Å². The standard InChI is InChI=1S/C9H7Br2NOS/c10-6-1-2-14-9(6)8(12)5-3-7(11)13-4-5/h1-4,8H,12H2. The summed E-state index contributed by atoms with van der Waals surface area (Å²) in [6.07, 6.45) is 1.67. The average molecular weight is 337 g/mol. The molecule has 2 heterocycles. The van der Waals surface area contributed by atoms with E-state index in [1.165, 1.54) is 0 Å². The van der Waals surface area contributed by atoms with Gasteiger partial charge < -0.3 is 10.2 Å². The highest BCUT2D eigenvalue weighted by Gasteiger charge is 2.15. The second-order valence-electron chi connectivity index (χ2n) is 2.79. The van der Waals surface area contributed by atoms with E-state index in [1.54, 1.807) is 17.6 Å². The molecule has 0 radical (unpaired) electrons. The molecule has 1 atom stereocenters. The Morgan fingerprint density at radius 3 is 2.71 bits per heavy atom. The van der Waals surface area contributed by atoms with Gasteiger partial charge in [0.05, 0.1) is 12.3 Å². The van der Waals surface area contributed by atoms with E-state index in [0.29, 0.717) is 4.67 Å². The van der Waals surface area contributed by atoms with Crippen LogP contribution in [0.1, 0.15) is 16.5 Å². The van der Waals surface area contributed by atoms with Gasteiger partial charge in [-0.3, -0.25) is 0 Å². The third-order valence-electron chi connectivity index (χ3n) is 1.87. The lowest BCUT2D eigenvalue weighted by molar-refractivity contribution is 0.537. The van der Waals surface area contributed by atoms with Crippen LogP contribution in [-0.4, -0.2) is 0 Å². The van der Waals surface area contributed by atoms with Crippen LogP contribution in [0.15, 0.2) is 37.3 Å². The third-order valence-corrected chi connectivity index (χ3v) is 4.24. The van der Waals surface area contributed by atoms with E-state index in [4.69, 9.17) is 10.2 Å². The lowest BCUT2D eigenvalue weighted by atomic mass is 10.1. The number of furan rings is 1. The van der Waals surface area contributed by atoms with Gasteiger partial charge in [-0.25, -0.2) is 0 Å².